The Kier molecular flexibility index (Phi) is 4.75. The molecule has 3 aliphatic rings. The molecule has 3 fully saturated rings. The Bertz CT molecular complexity index is 508. The summed E-state index contributed by atoms with van der Waals surface area (Å²) < 4.78 is 24.8. The molecule has 0 aromatic carbocycles. The Labute approximate surface area is 133 Å². The highest BCUT2D eigenvalue weighted by Gasteiger charge is 2.40. The van der Waals surface area contributed by atoms with E-state index in [9.17, 15) is 13.2 Å². The van der Waals surface area contributed by atoms with Gasteiger partial charge in [-0.2, -0.15) is 0 Å². The van der Waals surface area contributed by atoms with E-state index in [1.807, 2.05) is 4.90 Å². The van der Waals surface area contributed by atoms with Gasteiger partial charge in [-0.25, -0.2) is 12.7 Å². The summed E-state index contributed by atoms with van der Waals surface area (Å²) in [5.41, 5.74) is 0. The zero-order valence-corrected chi connectivity index (χ0v) is 14.1. The number of hydrogen-bond acceptors (Lipinski definition) is 4. The molecule has 1 amide bonds. The first-order valence-electron chi connectivity index (χ1n) is 8.45. The van der Waals surface area contributed by atoms with Crippen LogP contribution in [0.3, 0.4) is 0 Å². The number of nitrogens with zero attached hydrogens (tertiary/aromatic N) is 2. The van der Waals surface area contributed by atoms with Crippen molar-refractivity contribution in [1.82, 2.24) is 14.5 Å². The lowest BCUT2D eigenvalue weighted by Crippen LogP contribution is -2.46. The van der Waals surface area contributed by atoms with Crippen LogP contribution in [0.15, 0.2) is 0 Å². The summed E-state index contributed by atoms with van der Waals surface area (Å²) >= 11 is 0. The van der Waals surface area contributed by atoms with E-state index < -0.39 is 10.0 Å². The fourth-order valence-electron chi connectivity index (χ4n) is 4.18. The maximum Gasteiger partial charge on any atom is 0.239 e. The lowest BCUT2D eigenvalue weighted by atomic mass is 9.85. The van der Waals surface area contributed by atoms with Crippen molar-refractivity contribution in [3.8, 4) is 0 Å². The Hall–Kier alpha value is -0.660. The molecular weight excluding hydrogens is 302 g/mol. The number of hydrogen-bond donors (Lipinski definition) is 1. The van der Waals surface area contributed by atoms with Crippen molar-refractivity contribution in [2.24, 2.45) is 5.92 Å². The Morgan fingerprint density at radius 3 is 2.55 bits per heavy atom. The van der Waals surface area contributed by atoms with Crippen LogP contribution in [0.25, 0.3) is 0 Å². The first-order chi connectivity index (χ1) is 10.4. The number of carbonyl (C=O) groups is 1. The van der Waals surface area contributed by atoms with Crippen LogP contribution in [-0.2, 0) is 14.8 Å². The fourth-order valence-corrected chi connectivity index (χ4v) is 5.05. The summed E-state index contributed by atoms with van der Waals surface area (Å²) in [6, 6.07) is 0.458. The molecule has 2 saturated heterocycles. The first kappa shape index (κ1) is 16.2. The molecule has 3 rings (SSSR count). The van der Waals surface area contributed by atoms with E-state index >= 15 is 0 Å². The van der Waals surface area contributed by atoms with Gasteiger partial charge in [-0.1, -0.05) is 12.8 Å². The molecule has 22 heavy (non-hydrogen) atoms. The SMILES string of the molecule is CS(=O)(=O)N1CCCN(C(=O)C2CC3CCCCC3N2)CC1. The quantitative estimate of drug-likeness (QED) is 0.796. The molecular formula is C15H27N3O3S. The second-order valence-corrected chi connectivity index (χ2v) is 8.93. The third-order valence-corrected chi connectivity index (χ3v) is 6.70. The monoisotopic (exact) mass is 329 g/mol. The second-order valence-electron chi connectivity index (χ2n) is 6.95. The molecule has 2 heterocycles. The van der Waals surface area contributed by atoms with Gasteiger partial charge in [-0.15, -0.1) is 0 Å². The van der Waals surface area contributed by atoms with Crippen molar-refractivity contribution in [1.29, 1.82) is 0 Å². The van der Waals surface area contributed by atoms with E-state index in [-0.39, 0.29) is 11.9 Å². The molecule has 6 nitrogen and oxygen atoms in total. The van der Waals surface area contributed by atoms with Crippen molar-refractivity contribution in [3.63, 3.8) is 0 Å². The van der Waals surface area contributed by atoms with Gasteiger partial charge in [0, 0.05) is 32.2 Å². The molecule has 0 radical (unpaired) electrons. The van der Waals surface area contributed by atoms with E-state index in [1.54, 1.807) is 0 Å². The van der Waals surface area contributed by atoms with Crippen LogP contribution in [0, 0.1) is 5.92 Å². The smallest absolute Gasteiger partial charge is 0.239 e. The molecule has 1 aliphatic carbocycles. The Morgan fingerprint density at radius 2 is 1.82 bits per heavy atom. The van der Waals surface area contributed by atoms with Gasteiger partial charge in [0.1, 0.15) is 0 Å². The summed E-state index contributed by atoms with van der Waals surface area (Å²) in [7, 11) is -3.15. The van der Waals surface area contributed by atoms with E-state index in [0.29, 0.717) is 38.1 Å². The predicted octanol–water partition coefficient (Wildman–Crippen LogP) is 0.401. The minimum Gasteiger partial charge on any atom is -0.340 e. The van der Waals surface area contributed by atoms with Gasteiger partial charge in [0.15, 0.2) is 0 Å². The van der Waals surface area contributed by atoms with Crippen LogP contribution in [0.4, 0.5) is 0 Å². The summed E-state index contributed by atoms with van der Waals surface area (Å²) in [5, 5.41) is 3.53. The van der Waals surface area contributed by atoms with E-state index in [1.165, 1.54) is 36.2 Å². The number of fused-ring (bicyclic) bond motifs is 1. The molecule has 0 aromatic rings. The van der Waals surface area contributed by atoms with Gasteiger partial charge in [0.25, 0.3) is 0 Å². The maximum absolute atomic E-state index is 12.7. The molecule has 3 atom stereocenters. The highest BCUT2D eigenvalue weighted by molar-refractivity contribution is 7.88. The normalized spacial score (nSPS) is 34.2. The number of sulfonamides is 1. The molecule has 7 heteroatoms. The lowest BCUT2D eigenvalue weighted by molar-refractivity contribution is -0.133. The van der Waals surface area contributed by atoms with Gasteiger partial charge in [-0.05, 0) is 31.6 Å². The highest BCUT2D eigenvalue weighted by atomic mass is 32.2. The van der Waals surface area contributed by atoms with Crippen molar-refractivity contribution >= 4 is 15.9 Å². The van der Waals surface area contributed by atoms with Crippen LogP contribution in [-0.4, -0.2) is 68.0 Å². The number of rotatable bonds is 2. The number of nitrogens with one attached hydrogen (secondary N) is 1. The largest absolute Gasteiger partial charge is 0.340 e. The molecule has 0 spiro atoms. The van der Waals surface area contributed by atoms with Crippen LogP contribution in [0.1, 0.15) is 38.5 Å². The van der Waals surface area contributed by atoms with E-state index in [4.69, 9.17) is 0 Å². The zero-order valence-electron chi connectivity index (χ0n) is 13.3. The van der Waals surface area contributed by atoms with Gasteiger partial charge in [-0.3, -0.25) is 4.79 Å². The minimum atomic E-state index is -3.15. The van der Waals surface area contributed by atoms with Gasteiger partial charge < -0.3 is 10.2 Å². The van der Waals surface area contributed by atoms with Crippen LogP contribution in [0.5, 0.6) is 0 Å². The van der Waals surface area contributed by atoms with E-state index in [2.05, 4.69) is 5.32 Å². The summed E-state index contributed by atoms with van der Waals surface area (Å²) in [6.45, 7) is 2.12. The van der Waals surface area contributed by atoms with Crippen LogP contribution >= 0.6 is 0 Å². The Balaban J connectivity index is 1.59. The third kappa shape index (κ3) is 3.46. The van der Waals surface area contributed by atoms with Gasteiger partial charge in [0.2, 0.25) is 15.9 Å². The topological polar surface area (TPSA) is 69.7 Å². The standard InChI is InChI=1S/C15H27N3O3S/c1-22(20,21)18-8-4-7-17(9-10-18)15(19)14-11-12-5-2-3-6-13(12)16-14/h12-14,16H,2-11H2,1H3. The molecule has 2 aliphatic heterocycles. The fraction of sp³-hybridized carbons (Fsp3) is 0.933. The minimum absolute atomic E-state index is 0.0575. The molecule has 3 unspecified atom stereocenters. The molecule has 1 N–H and O–H groups in total. The van der Waals surface area contributed by atoms with E-state index in [0.717, 1.165) is 12.8 Å². The van der Waals surface area contributed by atoms with Gasteiger partial charge in [0.05, 0.1) is 12.3 Å². The van der Waals surface area contributed by atoms with Crippen molar-refractivity contribution in [2.75, 3.05) is 32.4 Å². The molecule has 0 bridgehead atoms. The lowest BCUT2D eigenvalue weighted by Gasteiger charge is -2.25. The summed E-state index contributed by atoms with van der Waals surface area (Å²) in [6.07, 6.45) is 7.90. The zero-order chi connectivity index (χ0) is 15.7. The molecule has 126 valence electrons. The highest BCUT2D eigenvalue weighted by Crippen LogP contribution is 2.33. The van der Waals surface area contributed by atoms with Crippen LogP contribution < -0.4 is 5.32 Å². The second kappa shape index (κ2) is 6.45. The number of amides is 1. The summed E-state index contributed by atoms with van der Waals surface area (Å²) in [5.74, 6) is 0.826. The average Bonchev–Trinajstić information content (AvgIpc) is 2.73. The van der Waals surface area contributed by atoms with Crippen molar-refractivity contribution in [2.45, 2.75) is 50.6 Å². The molecule has 0 aromatic heterocycles. The number of carbonyl (C=O) groups excluding carboxylic acids is 1. The van der Waals surface area contributed by atoms with Crippen LogP contribution in [0.2, 0.25) is 0 Å². The first-order valence-corrected chi connectivity index (χ1v) is 10.3. The van der Waals surface area contributed by atoms with Crippen molar-refractivity contribution < 1.29 is 13.2 Å². The average molecular weight is 329 g/mol. The predicted molar refractivity (Wildman–Crippen MR) is 84.9 cm³/mol. The maximum atomic E-state index is 12.7. The van der Waals surface area contributed by atoms with Crippen molar-refractivity contribution in [3.05, 3.63) is 0 Å². The third-order valence-electron chi connectivity index (χ3n) is 5.40. The Morgan fingerprint density at radius 1 is 1.05 bits per heavy atom. The summed E-state index contributed by atoms with van der Waals surface area (Å²) in [4.78, 5) is 14.6. The van der Waals surface area contributed by atoms with Gasteiger partial charge >= 0.3 is 0 Å². The molecule has 1 saturated carbocycles.